The van der Waals surface area contributed by atoms with E-state index in [-0.39, 0.29) is 23.8 Å². The highest BCUT2D eigenvalue weighted by Crippen LogP contribution is 2.18. The minimum Gasteiger partial charge on any atom is -0.399 e. The second kappa shape index (κ2) is 5.80. The Bertz CT molecular complexity index is 609. The molecule has 0 radical (unpaired) electrons. The number of aryl methyl sites for hydroxylation is 1. The number of sulfonamides is 1. The van der Waals surface area contributed by atoms with Crippen molar-refractivity contribution >= 4 is 21.6 Å². The molecule has 0 aromatic heterocycles. The number of nitrogen functional groups attached to an aromatic ring is 1. The quantitative estimate of drug-likeness (QED) is 0.666. The van der Waals surface area contributed by atoms with Crippen molar-refractivity contribution < 1.29 is 13.2 Å². The fourth-order valence-corrected chi connectivity index (χ4v) is 2.84. The van der Waals surface area contributed by atoms with Crippen LogP contribution in [0.4, 0.5) is 5.69 Å². The fourth-order valence-electron chi connectivity index (χ4n) is 1.73. The summed E-state index contributed by atoms with van der Waals surface area (Å²) >= 11 is 0. The number of amides is 1. The van der Waals surface area contributed by atoms with Gasteiger partial charge in [0.2, 0.25) is 15.9 Å². The van der Waals surface area contributed by atoms with Crippen LogP contribution in [0.3, 0.4) is 0 Å². The smallest absolute Gasteiger partial charge is 0.240 e. The summed E-state index contributed by atoms with van der Waals surface area (Å²) < 4.78 is 26.5. The molecule has 1 aromatic carbocycles. The van der Waals surface area contributed by atoms with Gasteiger partial charge in [-0.05, 0) is 43.5 Å². The summed E-state index contributed by atoms with van der Waals surface area (Å²) in [5.74, 6) is -0.122. The first-order valence-electron chi connectivity index (χ1n) is 6.53. The maximum absolute atomic E-state index is 12.0. The van der Waals surface area contributed by atoms with Crippen molar-refractivity contribution in [1.29, 1.82) is 0 Å². The number of carbonyl (C=O) groups is 1. The van der Waals surface area contributed by atoms with Crippen molar-refractivity contribution in [2.75, 3.05) is 12.3 Å². The van der Waals surface area contributed by atoms with E-state index in [0.29, 0.717) is 17.3 Å². The molecular formula is C13H19N3O3S. The van der Waals surface area contributed by atoms with Crippen molar-refractivity contribution in [2.45, 2.75) is 37.1 Å². The van der Waals surface area contributed by atoms with Crippen LogP contribution in [-0.4, -0.2) is 26.9 Å². The lowest BCUT2D eigenvalue weighted by Gasteiger charge is -2.08. The number of nitrogens with one attached hydrogen (secondary N) is 2. The first kappa shape index (κ1) is 14.8. The molecule has 2 rings (SSSR count). The summed E-state index contributed by atoms with van der Waals surface area (Å²) in [6.07, 6.45) is 2.17. The summed E-state index contributed by atoms with van der Waals surface area (Å²) in [4.78, 5) is 11.6. The third-order valence-electron chi connectivity index (χ3n) is 3.14. The number of hydrogen-bond donors (Lipinski definition) is 3. The molecule has 0 atom stereocenters. The first-order chi connectivity index (χ1) is 9.38. The van der Waals surface area contributed by atoms with E-state index in [1.807, 2.05) is 0 Å². The van der Waals surface area contributed by atoms with Crippen LogP contribution in [-0.2, 0) is 14.8 Å². The van der Waals surface area contributed by atoms with Gasteiger partial charge in [-0.15, -0.1) is 0 Å². The standard InChI is InChI=1S/C13H19N3O3S/c1-9-8-11(4-5-12(9)14)20(18,19)15-7-6-13(17)16-10-2-3-10/h4-5,8,10,15H,2-3,6-7,14H2,1H3,(H,16,17). The van der Waals surface area contributed by atoms with Gasteiger partial charge < -0.3 is 11.1 Å². The zero-order chi connectivity index (χ0) is 14.8. The van der Waals surface area contributed by atoms with Crippen LogP contribution in [0.2, 0.25) is 0 Å². The lowest BCUT2D eigenvalue weighted by atomic mass is 10.2. The lowest BCUT2D eigenvalue weighted by Crippen LogP contribution is -2.31. The molecule has 1 aromatic rings. The number of anilines is 1. The predicted octanol–water partition coefficient (Wildman–Crippen LogP) is 0.524. The number of rotatable bonds is 6. The average molecular weight is 297 g/mol. The molecule has 6 nitrogen and oxygen atoms in total. The van der Waals surface area contributed by atoms with Crippen LogP contribution >= 0.6 is 0 Å². The molecule has 1 amide bonds. The Balaban J connectivity index is 1.89. The predicted molar refractivity (Wildman–Crippen MR) is 76.6 cm³/mol. The van der Waals surface area contributed by atoms with Crippen molar-refractivity contribution in [3.8, 4) is 0 Å². The minimum atomic E-state index is -3.59. The largest absolute Gasteiger partial charge is 0.399 e. The molecule has 1 aliphatic rings. The van der Waals surface area contributed by atoms with Crippen molar-refractivity contribution in [1.82, 2.24) is 10.0 Å². The normalized spacial score (nSPS) is 15.1. The van der Waals surface area contributed by atoms with Gasteiger partial charge in [0.25, 0.3) is 0 Å². The molecule has 0 spiro atoms. The van der Waals surface area contributed by atoms with Crippen LogP contribution < -0.4 is 15.8 Å². The summed E-state index contributed by atoms with van der Waals surface area (Å²) in [5, 5.41) is 2.81. The Morgan fingerprint density at radius 1 is 1.40 bits per heavy atom. The van der Waals surface area contributed by atoms with E-state index in [1.165, 1.54) is 12.1 Å². The summed E-state index contributed by atoms with van der Waals surface area (Å²) in [5.41, 5.74) is 6.91. The van der Waals surface area contributed by atoms with Crippen molar-refractivity contribution in [3.63, 3.8) is 0 Å². The molecule has 1 fully saturated rings. The van der Waals surface area contributed by atoms with Gasteiger partial charge in [0.1, 0.15) is 0 Å². The highest BCUT2D eigenvalue weighted by Gasteiger charge is 2.23. The van der Waals surface area contributed by atoms with Crippen molar-refractivity contribution in [3.05, 3.63) is 23.8 Å². The molecule has 20 heavy (non-hydrogen) atoms. The zero-order valence-corrected chi connectivity index (χ0v) is 12.2. The maximum Gasteiger partial charge on any atom is 0.240 e. The SMILES string of the molecule is Cc1cc(S(=O)(=O)NCCC(=O)NC2CC2)ccc1N. The van der Waals surface area contributed by atoms with E-state index >= 15 is 0 Å². The second-order valence-corrected chi connectivity index (χ2v) is 6.77. The van der Waals surface area contributed by atoms with Crippen LogP contribution in [0.25, 0.3) is 0 Å². The number of carbonyl (C=O) groups excluding carboxylic acids is 1. The monoisotopic (exact) mass is 297 g/mol. The molecule has 1 saturated carbocycles. The third kappa shape index (κ3) is 3.94. The Morgan fingerprint density at radius 3 is 2.70 bits per heavy atom. The Morgan fingerprint density at radius 2 is 2.10 bits per heavy atom. The van der Waals surface area contributed by atoms with Crippen LogP contribution in [0, 0.1) is 6.92 Å². The number of nitrogens with two attached hydrogens (primary N) is 1. The molecule has 7 heteroatoms. The minimum absolute atomic E-state index is 0.0876. The molecule has 0 aliphatic heterocycles. The lowest BCUT2D eigenvalue weighted by molar-refractivity contribution is -0.121. The van der Waals surface area contributed by atoms with Crippen LogP contribution in [0.1, 0.15) is 24.8 Å². The summed E-state index contributed by atoms with van der Waals surface area (Å²) in [6.45, 7) is 1.84. The Kier molecular flexibility index (Phi) is 4.29. The van der Waals surface area contributed by atoms with Crippen LogP contribution in [0.15, 0.2) is 23.1 Å². The fraction of sp³-hybridized carbons (Fsp3) is 0.462. The van der Waals surface area contributed by atoms with Gasteiger partial charge in [-0.25, -0.2) is 13.1 Å². The van der Waals surface area contributed by atoms with Gasteiger partial charge in [0.05, 0.1) is 4.90 Å². The van der Waals surface area contributed by atoms with Gasteiger partial charge >= 0.3 is 0 Å². The molecule has 4 N–H and O–H groups in total. The summed E-state index contributed by atoms with van der Waals surface area (Å²) in [7, 11) is -3.59. The van der Waals surface area contributed by atoms with E-state index < -0.39 is 10.0 Å². The third-order valence-corrected chi connectivity index (χ3v) is 4.60. The number of benzene rings is 1. The van der Waals surface area contributed by atoms with Gasteiger partial charge in [-0.1, -0.05) is 0 Å². The van der Waals surface area contributed by atoms with Gasteiger partial charge in [0, 0.05) is 24.7 Å². The summed E-state index contributed by atoms with van der Waals surface area (Å²) in [6, 6.07) is 4.82. The van der Waals surface area contributed by atoms with E-state index in [1.54, 1.807) is 13.0 Å². The number of hydrogen-bond acceptors (Lipinski definition) is 4. The maximum atomic E-state index is 12.0. The molecule has 0 bridgehead atoms. The zero-order valence-electron chi connectivity index (χ0n) is 11.3. The van der Waals surface area contributed by atoms with E-state index in [4.69, 9.17) is 5.73 Å². The second-order valence-electron chi connectivity index (χ2n) is 5.01. The van der Waals surface area contributed by atoms with E-state index in [9.17, 15) is 13.2 Å². The molecular weight excluding hydrogens is 278 g/mol. The molecule has 0 heterocycles. The van der Waals surface area contributed by atoms with Gasteiger partial charge in [0.15, 0.2) is 0 Å². The van der Waals surface area contributed by atoms with E-state index in [0.717, 1.165) is 12.8 Å². The van der Waals surface area contributed by atoms with Gasteiger partial charge in [-0.3, -0.25) is 4.79 Å². The average Bonchev–Trinajstić information content (AvgIpc) is 3.16. The van der Waals surface area contributed by atoms with Crippen LogP contribution in [0.5, 0.6) is 0 Å². The van der Waals surface area contributed by atoms with Gasteiger partial charge in [-0.2, -0.15) is 0 Å². The first-order valence-corrected chi connectivity index (χ1v) is 8.02. The molecule has 0 saturated heterocycles. The Labute approximate surface area is 118 Å². The molecule has 1 aliphatic carbocycles. The molecule has 110 valence electrons. The Hall–Kier alpha value is -1.60. The topological polar surface area (TPSA) is 101 Å². The highest BCUT2D eigenvalue weighted by molar-refractivity contribution is 7.89. The van der Waals surface area contributed by atoms with E-state index in [2.05, 4.69) is 10.0 Å². The molecule has 0 unspecified atom stereocenters. The highest BCUT2D eigenvalue weighted by atomic mass is 32.2. The van der Waals surface area contributed by atoms with Crippen molar-refractivity contribution in [2.24, 2.45) is 0 Å².